The molecule has 0 aliphatic rings. The van der Waals surface area contributed by atoms with Crippen molar-refractivity contribution in [2.45, 2.75) is 18.9 Å². The second-order valence-electron chi connectivity index (χ2n) is 4.09. The van der Waals surface area contributed by atoms with Gasteiger partial charge in [-0.2, -0.15) is 0 Å². The zero-order chi connectivity index (χ0) is 15.1. The zero-order valence-electron chi connectivity index (χ0n) is 11.0. The largest absolute Gasteiger partial charge is 0.467 e. The van der Waals surface area contributed by atoms with Crippen LogP contribution in [0.25, 0.3) is 0 Å². The second kappa shape index (κ2) is 7.37. The van der Waals surface area contributed by atoms with Gasteiger partial charge in [0, 0.05) is 0 Å². The zero-order valence-corrected chi connectivity index (χ0v) is 11.0. The Kier molecular flexibility index (Phi) is 5.83. The Morgan fingerprint density at radius 3 is 2.65 bits per heavy atom. The maximum Gasteiger partial charge on any atom is 0.328 e. The van der Waals surface area contributed by atoms with Gasteiger partial charge in [0.05, 0.1) is 13.5 Å². The molecule has 0 saturated heterocycles. The van der Waals surface area contributed by atoms with E-state index in [-0.39, 0.29) is 12.8 Å². The summed E-state index contributed by atoms with van der Waals surface area (Å²) in [6.07, 6.45) is 1.53. The molecule has 20 heavy (non-hydrogen) atoms. The van der Waals surface area contributed by atoms with E-state index in [2.05, 4.69) is 16.6 Å². The highest BCUT2D eigenvalue weighted by atomic mass is 19.2. The molecule has 0 aromatic heterocycles. The minimum Gasteiger partial charge on any atom is -0.467 e. The van der Waals surface area contributed by atoms with Gasteiger partial charge in [-0.15, -0.1) is 6.58 Å². The van der Waals surface area contributed by atoms with Crippen LogP contribution in [0.1, 0.15) is 12.0 Å². The summed E-state index contributed by atoms with van der Waals surface area (Å²) in [7, 11) is 1.21. The number of halogens is 2. The number of carbonyl (C=O) groups is 2. The number of carbonyl (C=O) groups excluding carboxylic acids is 2. The lowest BCUT2D eigenvalue weighted by Crippen LogP contribution is -2.41. The first-order valence-corrected chi connectivity index (χ1v) is 5.90. The van der Waals surface area contributed by atoms with Crippen molar-refractivity contribution in [3.63, 3.8) is 0 Å². The van der Waals surface area contributed by atoms with Crippen molar-refractivity contribution in [2.75, 3.05) is 7.11 Å². The molecule has 1 rings (SSSR count). The van der Waals surface area contributed by atoms with Gasteiger partial charge in [-0.25, -0.2) is 13.6 Å². The fourth-order valence-corrected chi connectivity index (χ4v) is 1.60. The molecule has 0 aliphatic carbocycles. The van der Waals surface area contributed by atoms with E-state index in [0.29, 0.717) is 5.56 Å². The van der Waals surface area contributed by atoms with Crippen LogP contribution in [0.3, 0.4) is 0 Å². The Morgan fingerprint density at radius 1 is 1.40 bits per heavy atom. The molecular formula is C14H15F2NO3. The molecule has 0 bridgehead atoms. The quantitative estimate of drug-likeness (QED) is 0.639. The van der Waals surface area contributed by atoms with E-state index in [0.717, 1.165) is 12.1 Å². The molecule has 6 heteroatoms. The third-order valence-electron chi connectivity index (χ3n) is 2.57. The number of hydrogen-bond donors (Lipinski definition) is 1. The summed E-state index contributed by atoms with van der Waals surface area (Å²) in [6, 6.07) is 2.35. The smallest absolute Gasteiger partial charge is 0.328 e. The lowest BCUT2D eigenvalue weighted by atomic mass is 10.1. The number of nitrogens with one attached hydrogen (secondary N) is 1. The van der Waals surface area contributed by atoms with Crippen molar-refractivity contribution in [1.82, 2.24) is 5.32 Å². The monoisotopic (exact) mass is 283 g/mol. The van der Waals surface area contributed by atoms with Gasteiger partial charge >= 0.3 is 5.97 Å². The number of rotatable bonds is 6. The van der Waals surface area contributed by atoms with Crippen LogP contribution in [0.5, 0.6) is 0 Å². The molecule has 1 aromatic carbocycles. The topological polar surface area (TPSA) is 55.4 Å². The first-order valence-electron chi connectivity index (χ1n) is 5.90. The summed E-state index contributed by atoms with van der Waals surface area (Å²) in [5.41, 5.74) is 0.309. The van der Waals surface area contributed by atoms with Crippen molar-refractivity contribution < 1.29 is 23.1 Å². The van der Waals surface area contributed by atoms with Crippen LogP contribution in [-0.4, -0.2) is 25.0 Å². The van der Waals surface area contributed by atoms with Crippen LogP contribution in [-0.2, 0) is 20.7 Å². The van der Waals surface area contributed by atoms with Crippen molar-refractivity contribution >= 4 is 11.9 Å². The Bertz CT molecular complexity index is 517. The molecule has 1 amide bonds. The van der Waals surface area contributed by atoms with Crippen LogP contribution in [0.4, 0.5) is 8.78 Å². The number of ether oxygens (including phenoxy) is 1. The molecular weight excluding hydrogens is 268 g/mol. The third-order valence-corrected chi connectivity index (χ3v) is 2.57. The fraction of sp³-hybridized carbons (Fsp3) is 0.286. The highest BCUT2D eigenvalue weighted by Gasteiger charge is 2.20. The van der Waals surface area contributed by atoms with E-state index in [1.165, 1.54) is 19.3 Å². The molecule has 0 fully saturated rings. The second-order valence-corrected chi connectivity index (χ2v) is 4.09. The summed E-state index contributed by atoms with van der Waals surface area (Å²) in [4.78, 5) is 23.1. The molecule has 0 unspecified atom stereocenters. The van der Waals surface area contributed by atoms with E-state index in [1.807, 2.05) is 0 Å². The van der Waals surface area contributed by atoms with E-state index in [1.54, 1.807) is 0 Å². The van der Waals surface area contributed by atoms with Gasteiger partial charge in [0.15, 0.2) is 11.6 Å². The van der Waals surface area contributed by atoms with E-state index in [9.17, 15) is 18.4 Å². The van der Waals surface area contributed by atoms with Crippen molar-refractivity contribution in [3.8, 4) is 0 Å². The molecule has 1 aromatic rings. The Hall–Kier alpha value is -2.24. The first-order chi connectivity index (χ1) is 9.47. The van der Waals surface area contributed by atoms with Gasteiger partial charge in [0.25, 0.3) is 0 Å². The highest BCUT2D eigenvalue weighted by molar-refractivity contribution is 5.85. The number of methoxy groups -OCH3 is 1. The third kappa shape index (κ3) is 4.46. The number of esters is 1. The van der Waals surface area contributed by atoms with Gasteiger partial charge in [-0.3, -0.25) is 4.79 Å². The maximum absolute atomic E-state index is 13.0. The van der Waals surface area contributed by atoms with Crippen molar-refractivity contribution in [2.24, 2.45) is 0 Å². The minimum atomic E-state index is -1.02. The standard InChI is InChI=1S/C14H15F2NO3/c1-3-4-12(14(19)20-2)17-13(18)8-9-5-6-10(15)11(16)7-9/h3,5-7,12H,1,4,8H2,2H3,(H,17,18)/t12-/m0/s1. The molecule has 0 saturated carbocycles. The average molecular weight is 283 g/mol. The van der Waals surface area contributed by atoms with Gasteiger partial charge < -0.3 is 10.1 Å². The molecule has 1 N–H and O–H groups in total. The van der Waals surface area contributed by atoms with Gasteiger partial charge in [0.2, 0.25) is 5.91 Å². The van der Waals surface area contributed by atoms with Gasteiger partial charge in [0.1, 0.15) is 6.04 Å². The van der Waals surface area contributed by atoms with Crippen LogP contribution in [0, 0.1) is 11.6 Å². The predicted octanol–water partition coefficient (Wildman–Crippen LogP) is 1.74. The van der Waals surface area contributed by atoms with E-state index >= 15 is 0 Å². The predicted molar refractivity (Wildman–Crippen MR) is 68.8 cm³/mol. The molecule has 0 aliphatic heterocycles. The summed E-state index contributed by atoms with van der Waals surface area (Å²) in [6.45, 7) is 3.48. The lowest BCUT2D eigenvalue weighted by molar-refractivity contribution is -0.144. The average Bonchev–Trinajstić information content (AvgIpc) is 2.41. The number of hydrogen-bond acceptors (Lipinski definition) is 3. The van der Waals surface area contributed by atoms with Crippen LogP contribution < -0.4 is 5.32 Å². The molecule has 108 valence electrons. The van der Waals surface area contributed by atoms with E-state index in [4.69, 9.17) is 0 Å². The summed E-state index contributed by atoms with van der Waals surface area (Å²) in [5, 5.41) is 2.45. The normalized spacial score (nSPS) is 11.6. The molecule has 0 heterocycles. The summed E-state index contributed by atoms with van der Waals surface area (Å²) in [5.74, 6) is -3.09. The summed E-state index contributed by atoms with van der Waals surface area (Å²) < 4.78 is 30.3. The number of benzene rings is 1. The maximum atomic E-state index is 13.0. The van der Waals surface area contributed by atoms with Crippen LogP contribution >= 0.6 is 0 Å². The van der Waals surface area contributed by atoms with Crippen molar-refractivity contribution in [1.29, 1.82) is 0 Å². The van der Waals surface area contributed by atoms with Crippen LogP contribution in [0.15, 0.2) is 30.9 Å². The van der Waals surface area contributed by atoms with Gasteiger partial charge in [-0.05, 0) is 24.1 Å². The Balaban J connectivity index is 2.67. The molecule has 0 radical (unpaired) electrons. The SMILES string of the molecule is C=CC[C@H](NC(=O)Cc1ccc(F)c(F)c1)C(=O)OC. The highest BCUT2D eigenvalue weighted by Crippen LogP contribution is 2.09. The van der Waals surface area contributed by atoms with Gasteiger partial charge in [-0.1, -0.05) is 12.1 Å². The van der Waals surface area contributed by atoms with Crippen molar-refractivity contribution in [3.05, 3.63) is 48.1 Å². The summed E-state index contributed by atoms with van der Waals surface area (Å²) >= 11 is 0. The Morgan fingerprint density at radius 2 is 2.10 bits per heavy atom. The first kappa shape index (κ1) is 15.8. The molecule has 4 nitrogen and oxygen atoms in total. The lowest BCUT2D eigenvalue weighted by Gasteiger charge is -2.14. The Labute approximate surface area is 115 Å². The minimum absolute atomic E-state index is 0.165. The number of amides is 1. The molecule has 1 atom stereocenters. The van der Waals surface area contributed by atoms with E-state index < -0.39 is 29.6 Å². The molecule has 0 spiro atoms. The van der Waals surface area contributed by atoms with Crippen LogP contribution in [0.2, 0.25) is 0 Å². The fourth-order valence-electron chi connectivity index (χ4n) is 1.60.